The topological polar surface area (TPSA) is 34.1 Å². The Hall–Kier alpha value is -0.330. The zero-order chi connectivity index (χ0) is 13.8. The largest absolute Gasteiger partial charge is 0.341 e. The highest BCUT2D eigenvalue weighted by molar-refractivity contribution is 8.00. The Morgan fingerprint density at radius 3 is 2.50 bits per heavy atom. The average Bonchev–Trinajstić information content (AvgIpc) is 2.29. The van der Waals surface area contributed by atoms with E-state index in [1.165, 1.54) is 30.0 Å². The maximum absolute atomic E-state index is 12.5. The number of rotatable bonds is 6. The van der Waals surface area contributed by atoms with Gasteiger partial charge in [0.25, 0.3) is 0 Å². The van der Waals surface area contributed by atoms with Gasteiger partial charge in [0.2, 0.25) is 9.84 Å². The zero-order valence-electron chi connectivity index (χ0n) is 9.65. The molecule has 0 aromatic heterocycles. The van der Waals surface area contributed by atoms with E-state index in [-0.39, 0.29) is 10.1 Å². The van der Waals surface area contributed by atoms with Gasteiger partial charge >= 0.3 is 5.76 Å². The van der Waals surface area contributed by atoms with Gasteiger partial charge in [-0.05, 0) is 18.6 Å². The van der Waals surface area contributed by atoms with Crippen LogP contribution in [0.5, 0.6) is 0 Å². The lowest BCUT2D eigenvalue weighted by molar-refractivity contribution is 0.234. The maximum atomic E-state index is 12.5. The quantitative estimate of drug-likeness (QED) is 0.592. The standard InChI is InChI=1S/C11H13ClF2O2S2/c1-8(6-7-12)17-9-4-2-3-5-10(9)18(15,16)11(13)14/h2-5,8,11H,6-7H2,1H3. The molecule has 1 unspecified atom stereocenters. The molecule has 18 heavy (non-hydrogen) atoms. The van der Waals surface area contributed by atoms with Crippen LogP contribution in [0.4, 0.5) is 8.78 Å². The molecule has 0 aliphatic heterocycles. The molecule has 0 saturated carbocycles. The van der Waals surface area contributed by atoms with Crippen molar-refractivity contribution in [2.75, 3.05) is 5.88 Å². The smallest absolute Gasteiger partial charge is 0.218 e. The molecule has 0 fully saturated rings. The third kappa shape index (κ3) is 3.83. The minimum absolute atomic E-state index is 0.0662. The molecule has 0 radical (unpaired) electrons. The first kappa shape index (κ1) is 15.7. The summed E-state index contributed by atoms with van der Waals surface area (Å²) >= 11 is 6.83. The number of halogens is 3. The third-order valence-electron chi connectivity index (χ3n) is 2.23. The summed E-state index contributed by atoms with van der Waals surface area (Å²) in [4.78, 5) is 0.0295. The van der Waals surface area contributed by atoms with Crippen LogP contribution in [0.25, 0.3) is 0 Å². The van der Waals surface area contributed by atoms with Gasteiger partial charge < -0.3 is 0 Å². The van der Waals surface area contributed by atoms with E-state index >= 15 is 0 Å². The molecule has 7 heteroatoms. The molecule has 102 valence electrons. The zero-order valence-corrected chi connectivity index (χ0v) is 12.0. The van der Waals surface area contributed by atoms with E-state index in [4.69, 9.17) is 11.6 Å². The first-order chi connectivity index (χ1) is 8.39. The van der Waals surface area contributed by atoms with Crippen LogP contribution in [0.1, 0.15) is 13.3 Å². The van der Waals surface area contributed by atoms with Crippen LogP contribution in [0.3, 0.4) is 0 Å². The minimum Gasteiger partial charge on any atom is -0.218 e. The van der Waals surface area contributed by atoms with E-state index in [2.05, 4.69) is 0 Å². The molecule has 1 aromatic rings. The van der Waals surface area contributed by atoms with Crippen molar-refractivity contribution in [1.82, 2.24) is 0 Å². The molecule has 0 saturated heterocycles. The van der Waals surface area contributed by atoms with Crippen molar-refractivity contribution in [3.63, 3.8) is 0 Å². The van der Waals surface area contributed by atoms with Gasteiger partial charge in [-0.15, -0.1) is 23.4 Å². The van der Waals surface area contributed by atoms with Crippen molar-refractivity contribution in [2.45, 2.75) is 34.1 Å². The Morgan fingerprint density at radius 2 is 1.94 bits per heavy atom. The predicted molar refractivity (Wildman–Crippen MR) is 70.3 cm³/mol. The fourth-order valence-corrected chi connectivity index (χ4v) is 4.08. The van der Waals surface area contributed by atoms with Crippen molar-refractivity contribution in [1.29, 1.82) is 0 Å². The minimum atomic E-state index is -4.56. The Labute approximate surface area is 115 Å². The molecule has 1 atom stereocenters. The normalized spacial score (nSPS) is 13.8. The van der Waals surface area contributed by atoms with Gasteiger partial charge in [-0.25, -0.2) is 8.42 Å². The third-order valence-corrected chi connectivity index (χ3v) is 5.27. The highest BCUT2D eigenvalue weighted by Gasteiger charge is 2.29. The molecule has 1 rings (SSSR count). The summed E-state index contributed by atoms with van der Waals surface area (Å²) in [7, 11) is -4.56. The van der Waals surface area contributed by atoms with Crippen LogP contribution < -0.4 is 0 Å². The number of benzene rings is 1. The number of hydrogen-bond acceptors (Lipinski definition) is 3. The number of sulfone groups is 1. The average molecular weight is 315 g/mol. The molecule has 0 amide bonds. The van der Waals surface area contributed by atoms with Crippen LogP contribution in [0.2, 0.25) is 0 Å². The summed E-state index contributed by atoms with van der Waals surface area (Å²) in [5.74, 6) is -2.96. The van der Waals surface area contributed by atoms with Crippen LogP contribution in [-0.4, -0.2) is 25.3 Å². The highest BCUT2D eigenvalue weighted by Crippen LogP contribution is 2.33. The van der Waals surface area contributed by atoms with Crippen LogP contribution >= 0.6 is 23.4 Å². The van der Waals surface area contributed by atoms with Gasteiger partial charge in [0.15, 0.2) is 0 Å². The Bertz CT molecular complexity index is 492. The van der Waals surface area contributed by atoms with Gasteiger partial charge in [0.05, 0.1) is 4.90 Å². The van der Waals surface area contributed by atoms with Gasteiger partial charge in [-0.1, -0.05) is 19.1 Å². The van der Waals surface area contributed by atoms with Crippen molar-refractivity contribution in [3.05, 3.63) is 24.3 Å². The summed E-state index contributed by atoms with van der Waals surface area (Å²) < 4.78 is 48.1. The lowest BCUT2D eigenvalue weighted by atomic mass is 10.4. The van der Waals surface area contributed by atoms with Crippen molar-refractivity contribution < 1.29 is 17.2 Å². The molecular formula is C11H13ClF2O2S2. The lowest BCUT2D eigenvalue weighted by Crippen LogP contribution is -2.13. The Kier molecular flexibility index (Phi) is 5.88. The number of thioether (sulfide) groups is 1. The summed E-state index contributed by atoms with van der Waals surface area (Å²) in [5.41, 5.74) is 0. The van der Waals surface area contributed by atoms with Gasteiger partial charge in [-0.3, -0.25) is 0 Å². The molecule has 0 aliphatic rings. The van der Waals surface area contributed by atoms with Crippen LogP contribution in [0, 0.1) is 0 Å². The molecule has 2 nitrogen and oxygen atoms in total. The van der Waals surface area contributed by atoms with Crippen molar-refractivity contribution >= 4 is 33.2 Å². The van der Waals surface area contributed by atoms with E-state index in [9.17, 15) is 17.2 Å². The predicted octanol–water partition coefficient (Wildman–Crippen LogP) is 3.79. The van der Waals surface area contributed by atoms with Gasteiger partial charge in [-0.2, -0.15) is 8.78 Å². The first-order valence-corrected chi connectivity index (χ1v) is 8.19. The maximum Gasteiger partial charge on any atom is 0.341 e. The Balaban J connectivity index is 3.08. The molecule has 0 N–H and O–H groups in total. The first-order valence-electron chi connectivity index (χ1n) is 5.23. The van der Waals surface area contributed by atoms with E-state index in [1.807, 2.05) is 6.92 Å². The molecule has 0 spiro atoms. The van der Waals surface area contributed by atoms with Crippen molar-refractivity contribution in [2.24, 2.45) is 0 Å². The molecule has 0 heterocycles. The summed E-state index contributed by atoms with van der Waals surface area (Å²) in [5, 5.41) is 0.0662. The fraction of sp³-hybridized carbons (Fsp3) is 0.455. The second kappa shape index (κ2) is 6.73. The second-order valence-corrected chi connectivity index (χ2v) is 7.40. The molecule has 0 bridgehead atoms. The monoisotopic (exact) mass is 314 g/mol. The molecular weight excluding hydrogens is 302 g/mol. The van der Waals surface area contributed by atoms with Gasteiger partial charge in [0.1, 0.15) is 0 Å². The Morgan fingerprint density at radius 1 is 1.33 bits per heavy atom. The summed E-state index contributed by atoms with van der Waals surface area (Å²) in [6.07, 6.45) is 0.676. The fourth-order valence-electron chi connectivity index (χ4n) is 1.31. The second-order valence-electron chi connectivity index (χ2n) is 3.66. The summed E-state index contributed by atoms with van der Waals surface area (Å²) in [6.45, 7) is 1.87. The van der Waals surface area contributed by atoms with Crippen LogP contribution in [-0.2, 0) is 9.84 Å². The number of hydrogen-bond donors (Lipinski definition) is 0. The van der Waals surface area contributed by atoms with Gasteiger partial charge in [0, 0.05) is 16.0 Å². The van der Waals surface area contributed by atoms with Crippen molar-refractivity contribution in [3.8, 4) is 0 Å². The van der Waals surface area contributed by atoms with E-state index in [1.54, 1.807) is 6.07 Å². The highest BCUT2D eigenvalue weighted by atomic mass is 35.5. The molecule has 1 aromatic carbocycles. The van der Waals surface area contributed by atoms with Crippen LogP contribution in [0.15, 0.2) is 34.1 Å². The van der Waals surface area contributed by atoms with E-state index < -0.39 is 15.6 Å². The lowest BCUT2D eigenvalue weighted by Gasteiger charge is -2.13. The number of alkyl halides is 3. The van der Waals surface area contributed by atoms with E-state index in [0.717, 1.165) is 0 Å². The van der Waals surface area contributed by atoms with E-state index in [0.29, 0.717) is 17.2 Å². The molecule has 0 aliphatic carbocycles. The summed E-state index contributed by atoms with van der Waals surface area (Å²) in [6, 6.07) is 5.80. The SMILES string of the molecule is CC(CCCl)Sc1ccccc1S(=O)(=O)C(F)F.